The largest absolute Gasteiger partial charge is 0.493 e. The Kier molecular flexibility index (Phi) is 6.39. The lowest BCUT2D eigenvalue weighted by molar-refractivity contribution is -0.113. The van der Waals surface area contributed by atoms with E-state index in [1.165, 1.54) is 26.2 Å². The molecule has 31 heavy (non-hydrogen) atoms. The highest BCUT2D eigenvalue weighted by Crippen LogP contribution is 2.42. The maximum absolute atomic E-state index is 13.3. The first kappa shape index (κ1) is 22.0. The molecule has 0 aliphatic carbocycles. The van der Waals surface area contributed by atoms with Crippen LogP contribution >= 0.6 is 0 Å². The number of benzene rings is 2. The topological polar surface area (TPSA) is 89.1 Å². The summed E-state index contributed by atoms with van der Waals surface area (Å²) in [7, 11) is 6.16. The van der Waals surface area contributed by atoms with E-state index in [1.807, 2.05) is 31.2 Å². The van der Waals surface area contributed by atoms with Crippen molar-refractivity contribution in [2.24, 2.45) is 0 Å². The minimum atomic E-state index is -0.706. The summed E-state index contributed by atoms with van der Waals surface area (Å²) in [5.41, 5.74) is 3.35. The second-order valence-corrected chi connectivity index (χ2v) is 7.22. The molecule has 1 aliphatic rings. The van der Waals surface area contributed by atoms with E-state index in [-0.39, 0.29) is 11.9 Å². The van der Waals surface area contributed by atoms with Crippen molar-refractivity contribution in [3.05, 3.63) is 58.8 Å². The summed E-state index contributed by atoms with van der Waals surface area (Å²) in [6.07, 6.45) is 0. The van der Waals surface area contributed by atoms with Gasteiger partial charge in [0, 0.05) is 18.4 Å². The predicted molar refractivity (Wildman–Crippen MR) is 118 cm³/mol. The number of urea groups is 1. The molecular weight excluding hydrogens is 398 g/mol. The maximum atomic E-state index is 13.3. The number of amides is 3. The Morgan fingerprint density at radius 2 is 1.58 bits per heavy atom. The molecule has 8 heteroatoms. The SMILES string of the molecule is COc1cc(C2NC(=O)N(C)C(C)=C2C(=O)Nc2ccc(C)cc2)cc(OC)c1OC. The molecule has 0 spiro atoms. The van der Waals surface area contributed by atoms with Gasteiger partial charge in [-0.3, -0.25) is 4.79 Å². The number of carbonyl (C=O) groups excluding carboxylic acids is 2. The Hall–Kier alpha value is -3.68. The Morgan fingerprint density at radius 1 is 1.00 bits per heavy atom. The van der Waals surface area contributed by atoms with E-state index in [4.69, 9.17) is 14.2 Å². The number of anilines is 1. The van der Waals surface area contributed by atoms with Crippen LogP contribution in [-0.2, 0) is 4.79 Å². The molecular formula is C23H27N3O5. The summed E-state index contributed by atoms with van der Waals surface area (Å²) in [6, 6.07) is 9.94. The normalized spacial score (nSPS) is 16.0. The molecule has 0 aromatic heterocycles. The molecule has 1 aliphatic heterocycles. The smallest absolute Gasteiger partial charge is 0.322 e. The zero-order chi connectivity index (χ0) is 22.7. The first-order valence-corrected chi connectivity index (χ1v) is 9.73. The van der Waals surface area contributed by atoms with E-state index in [1.54, 1.807) is 26.1 Å². The van der Waals surface area contributed by atoms with E-state index in [0.29, 0.717) is 39.8 Å². The van der Waals surface area contributed by atoms with Gasteiger partial charge in [0.15, 0.2) is 11.5 Å². The highest BCUT2D eigenvalue weighted by molar-refractivity contribution is 6.06. The summed E-state index contributed by atoms with van der Waals surface area (Å²) < 4.78 is 16.3. The van der Waals surface area contributed by atoms with Crippen molar-refractivity contribution in [2.75, 3.05) is 33.7 Å². The molecule has 1 atom stereocenters. The third-order valence-corrected chi connectivity index (χ3v) is 5.33. The van der Waals surface area contributed by atoms with E-state index in [0.717, 1.165) is 5.56 Å². The van der Waals surface area contributed by atoms with Gasteiger partial charge in [-0.15, -0.1) is 0 Å². The Bertz CT molecular complexity index is 1010. The van der Waals surface area contributed by atoms with Crippen LogP contribution in [0.5, 0.6) is 17.2 Å². The molecule has 164 valence electrons. The molecule has 3 rings (SSSR count). The predicted octanol–water partition coefficient (Wildman–Crippen LogP) is 3.63. The maximum Gasteiger partial charge on any atom is 0.322 e. The van der Waals surface area contributed by atoms with Gasteiger partial charge in [-0.05, 0) is 43.7 Å². The number of hydrogen-bond acceptors (Lipinski definition) is 5. The van der Waals surface area contributed by atoms with Gasteiger partial charge in [-0.2, -0.15) is 0 Å². The Balaban J connectivity index is 2.08. The number of allylic oxidation sites excluding steroid dienone is 1. The lowest BCUT2D eigenvalue weighted by Crippen LogP contribution is -2.46. The summed E-state index contributed by atoms with van der Waals surface area (Å²) in [6.45, 7) is 3.72. The van der Waals surface area contributed by atoms with E-state index < -0.39 is 6.04 Å². The summed E-state index contributed by atoms with van der Waals surface area (Å²) in [5.74, 6) is 0.980. The third-order valence-electron chi connectivity index (χ3n) is 5.33. The van der Waals surface area contributed by atoms with Crippen molar-refractivity contribution in [1.82, 2.24) is 10.2 Å². The average Bonchev–Trinajstić information content (AvgIpc) is 2.77. The third kappa shape index (κ3) is 4.28. The molecule has 0 saturated carbocycles. The van der Waals surface area contributed by atoms with Gasteiger partial charge in [0.1, 0.15) is 0 Å². The fourth-order valence-electron chi connectivity index (χ4n) is 3.48. The zero-order valence-corrected chi connectivity index (χ0v) is 18.5. The van der Waals surface area contributed by atoms with E-state index >= 15 is 0 Å². The molecule has 1 heterocycles. The molecule has 1 unspecified atom stereocenters. The lowest BCUT2D eigenvalue weighted by atomic mass is 9.93. The van der Waals surface area contributed by atoms with Gasteiger partial charge in [-0.25, -0.2) is 4.79 Å². The molecule has 0 bridgehead atoms. The van der Waals surface area contributed by atoms with Crippen LogP contribution in [0, 0.1) is 6.92 Å². The van der Waals surface area contributed by atoms with Gasteiger partial charge in [0.05, 0.1) is 32.9 Å². The molecule has 3 amide bonds. The average molecular weight is 425 g/mol. The van der Waals surface area contributed by atoms with Gasteiger partial charge < -0.3 is 29.7 Å². The minimum Gasteiger partial charge on any atom is -0.493 e. The van der Waals surface area contributed by atoms with Crippen LogP contribution in [0.3, 0.4) is 0 Å². The molecule has 2 aromatic carbocycles. The van der Waals surface area contributed by atoms with Crippen molar-refractivity contribution in [1.29, 1.82) is 0 Å². The molecule has 0 fully saturated rings. The molecule has 0 radical (unpaired) electrons. The standard InChI is InChI=1S/C23H27N3O5/c1-13-7-9-16(10-8-13)24-22(27)19-14(2)26(3)23(28)25-20(19)15-11-17(29-4)21(31-6)18(12-15)30-5/h7-12,20H,1-6H3,(H,24,27)(H,25,28). The second kappa shape index (κ2) is 8.99. The van der Waals surface area contributed by atoms with Crippen LogP contribution in [0.25, 0.3) is 0 Å². The number of nitrogens with zero attached hydrogens (tertiary/aromatic N) is 1. The molecule has 2 aromatic rings. The number of rotatable bonds is 6. The quantitative estimate of drug-likeness (QED) is 0.738. The number of ether oxygens (including phenoxy) is 3. The fourth-order valence-corrected chi connectivity index (χ4v) is 3.48. The number of methoxy groups -OCH3 is 3. The van der Waals surface area contributed by atoms with Crippen molar-refractivity contribution in [3.8, 4) is 17.2 Å². The van der Waals surface area contributed by atoms with E-state index in [2.05, 4.69) is 10.6 Å². The van der Waals surface area contributed by atoms with Crippen molar-refractivity contribution >= 4 is 17.6 Å². The van der Waals surface area contributed by atoms with Crippen LogP contribution in [-0.4, -0.2) is 45.2 Å². The van der Waals surface area contributed by atoms with Gasteiger partial charge in [-0.1, -0.05) is 17.7 Å². The summed E-state index contributed by atoms with van der Waals surface area (Å²) >= 11 is 0. The fraction of sp³-hybridized carbons (Fsp3) is 0.304. The summed E-state index contributed by atoms with van der Waals surface area (Å²) in [5, 5.41) is 5.82. The highest BCUT2D eigenvalue weighted by atomic mass is 16.5. The number of aryl methyl sites for hydroxylation is 1. The minimum absolute atomic E-state index is 0.313. The van der Waals surface area contributed by atoms with Gasteiger partial charge >= 0.3 is 6.03 Å². The van der Waals surface area contributed by atoms with Crippen LogP contribution in [0.15, 0.2) is 47.7 Å². The Labute approximate surface area is 181 Å². The first-order chi connectivity index (χ1) is 14.8. The van der Waals surface area contributed by atoms with Crippen LogP contribution in [0.4, 0.5) is 10.5 Å². The number of hydrogen-bond donors (Lipinski definition) is 2. The van der Waals surface area contributed by atoms with Crippen LogP contribution < -0.4 is 24.8 Å². The summed E-state index contributed by atoms with van der Waals surface area (Å²) in [4.78, 5) is 27.3. The van der Waals surface area contributed by atoms with Crippen molar-refractivity contribution < 1.29 is 23.8 Å². The lowest BCUT2D eigenvalue weighted by Gasteiger charge is -2.34. The second-order valence-electron chi connectivity index (χ2n) is 7.22. The molecule has 0 saturated heterocycles. The molecule has 2 N–H and O–H groups in total. The van der Waals surface area contributed by atoms with E-state index in [9.17, 15) is 9.59 Å². The highest BCUT2D eigenvalue weighted by Gasteiger charge is 2.35. The van der Waals surface area contributed by atoms with Crippen molar-refractivity contribution in [3.63, 3.8) is 0 Å². The zero-order valence-electron chi connectivity index (χ0n) is 18.5. The van der Waals surface area contributed by atoms with Crippen LogP contribution in [0.1, 0.15) is 24.1 Å². The van der Waals surface area contributed by atoms with Crippen molar-refractivity contribution in [2.45, 2.75) is 19.9 Å². The monoisotopic (exact) mass is 425 g/mol. The first-order valence-electron chi connectivity index (χ1n) is 9.73. The van der Waals surface area contributed by atoms with Crippen LogP contribution in [0.2, 0.25) is 0 Å². The Morgan fingerprint density at radius 3 is 2.10 bits per heavy atom. The number of nitrogens with one attached hydrogen (secondary N) is 2. The number of carbonyl (C=O) groups is 2. The molecule has 8 nitrogen and oxygen atoms in total. The van der Waals surface area contributed by atoms with Gasteiger partial charge in [0.2, 0.25) is 5.75 Å². The van der Waals surface area contributed by atoms with Gasteiger partial charge in [0.25, 0.3) is 5.91 Å².